The van der Waals surface area contributed by atoms with Crippen LogP contribution in [-0.2, 0) is 11.2 Å². The van der Waals surface area contributed by atoms with Gasteiger partial charge in [-0.2, -0.15) is 0 Å². The van der Waals surface area contributed by atoms with E-state index in [0.29, 0.717) is 28.3 Å². The van der Waals surface area contributed by atoms with Gasteiger partial charge in [0.15, 0.2) is 0 Å². The Bertz CT molecular complexity index is 1270. The zero-order valence-electron chi connectivity index (χ0n) is 20.2. The molecule has 37 heavy (non-hydrogen) atoms. The van der Waals surface area contributed by atoms with Crippen molar-refractivity contribution < 1.29 is 29.0 Å². The van der Waals surface area contributed by atoms with Crippen molar-refractivity contribution >= 4 is 46.8 Å². The van der Waals surface area contributed by atoms with Crippen molar-refractivity contribution in [1.29, 1.82) is 0 Å². The molecule has 0 aliphatic rings. The van der Waals surface area contributed by atoms with E-state index >= 15 is 0 Å². The van der Waals surface area contributed by atoms with Gasteiger partial charge in [0.05, 0.1) is 35.4 Å². The number of urea groups is 1. The third-order valence-corrected chi connectivity index (χ3v) is 6.10. The highest BCUT2D eigenvalue weighted by molar-refractivity contribution is 6.39. The Morgan fingerprint density at radius 3 is 2.00 bits per heavy atom. The molecule has 0 aromatic heterocycles. The lowest BCUT2D eigenvalue weighted by molar-refractivity contribution is -0.139. The molecule has 0 bridgehead atoms. The van der Waals surface area contributed by atoms with Gasteiger partial charge in [-0.05, 0) is 23.3 Å². The number of hydrogen-bond acceptors (Lipinski definition) is 5. The van der Waals surface area contributed by atoms with Crippen molar-refractivity contribution in [2.75, 3.05) is 26.6 Å². The van der Waals surface area contributed by atoms with E-state index in [1.807, 2.05) is 0 Å². The van der Waals surface area contributed by atoms with Crippen LogP contribution in [0.5, 0.6) is 11.5 Å². The van der Waals surface area contributed by atoms with Crippen LogP contribution in [0.15, 0.2) is 54.6 Å². The Kier molecular flexibility index (Phi) is 9.21. The van der Waals surface area contributed by atoms with Crippen molar-refractivity contribution in [2.24, 2.45) is 0 Å². The minimum Gasteiger partial charge on any atom is -0.496 e. The molecule has 1 atom stereocenters. The molecular weight excluding hydrogens is 521 g/mol. The van der Waals surface area contributed by atoms with Crippen LogP contribution in [0.3, 0.4) is 0 Å². The summed E-state index contributed by atoms with van der Waals surface area (Å²) < 4.78 is 11.1. The zero-order valence-corrected chi connectivity index (χ0v) is 21.7. The van der Waals surface area contributed by atoms with E-state index in [2.05, 4.69) is 16.0 Å². The number of aliphatic carboxylic acids is 1. The van der Waals surface area contributed by atoms with Crippen molar-refractivity contribution in [3.63, 3.8) is 0 Å². The fourth-order valence-corrected chi connectivity index (χ4v) is 4.22. The normalized spacial score (nSPS) is 11.3. The summed E-state index contributed by atoms with van der Waals surface area (Å²) in [5.41, 5.74) is 2.55. The quantitative estimate of drug-likeness (QED) is 0.304. The Morgan fingerprint density at radius 1 is 0.946 bits per heavy atom. The number of carbonyl (C=O) groups is 3. The summed E-state index contributed by atoms with van der Waals surface area (Å²) in [6.07, 6.45) is 0.0205. The number of carbonyl (C=O) groups excluding carboxylic acids is 2. The minimum absolute atomic E-state index is 0.0148. The SMILES string of the molecule is CNC(=O)Nc1cc(OC)c(-c2ccc(C[C@H](NC(=O)c3c(Cl)cccc3Cl)C(=O)O)cc2)c(OC)c1. The second-order valence-corrected chi connectivity index (χ2v) is 8.64. The van der Waals surface area contributed by atoms with Crippen molar-refractivity contribution in [3.8, 4) is 22.6 Å². The highest BCUT2D eigenvalue weighted by atomic mass is 35.5. The topological polar surface area (TPSA) is 126 Å². The van der Waals surface area contributed by atoms with E-state index in [0.717, 1.165) is 5.56 Å². The fraction of sp³-hybridized carbons (Fsp3) is 0.192. The molecule has 3 aromatic carbocycles. The first kappa shape index (κ1) is 27.6. The second-order valence-electron chi connectivity index (χ2n) is 7.82. The van der Waals surface area contributed by atoms with Crippen LogP contribution in [0.2, 0.25) is 10.0 Å². The lowest BCUT2D eigenvalue weighted by Gasteiger charge is -2.18. The highest BCUT2D eigenvalue weighted by Gasteiger charge is 2.24. The Balaban J connectivity index is 1.84. The van der Waals surface area contributed by atoms with Crippen LogP contribution in [0, 0.1) is 0 Å². The molecule has 4 N–H and O–H groups in total. The number of nitrogens with one attached hydrogen (secondary N) is 3. The summed E-state index contributed by atoms with van der Waals surface area (Å²) in [5, 5.41) is 17.6. The van der Waals surface area contributed by atoms with Gasteiger partial charge in [-0.3, -0.25) is 4.79 Å². The molecule has 3 aromatic rings. The van der Waals surface area contributed by atoms with Crippen LogP contribution >= 0.6 is 23.2 Å². The van der Waals surface area contributed by atoms with Crippen LogP contribution < -0.4 is 25.4 Å². The first-order chi connectivity index (χ1) is 17.7. The molecular formula is C26H25Cl2N3O6. The van der Waals surface area contributed by atoms with E-state index < -0.39 is 23.9 Å². The maximum absolute atomic E-state index is 12.7. The Hall–Kier alpha value is -3.95. The summed E-state index contributed by atoms with van der Waals surface area (Å²) in [4.78, 5) is 36.3. The van der Waals surface area contributed by atoms with Crippen molar-refractivity contribution in [3.05, 3.63) is 75.8 Å². The number of carboxylic acid groups (broad SMARTS) is 1. The molecule has 3 amide bonds. The third-order valence-electron chi connectivity index (χ3n) is 5.47. The Morgan fingerprint density at radius 2 is 1.51 bits per heavy atom. The van der Waals surface area contributed by atoms with Gasteiger partial charge in [-0.1, -0.05) is 53.5 Å². The zero-order chi connectivity index (χ0) is 27.1. The number of ether oxygens (including phenoxy) is 2. The molecule has 0 unspecified atom stereocenters. The lowest BCUT2D eigenvalue weighted by Crippen LogP contribution is -2.42. The summed E-state index contributed by atoms with van der Waals surface area (Å²) in [6.45, 7) is 0. The second kappa shape index (κ2) is 12.3. The summed E-state index contributed by atoms with van der Waals surface area (Å²) >= 11 is 12.2. The van der Waals surface area contributed by atoms with Crippen LogP contribution in [0.4, 0.5) is 10.5 Å². The largest absolute Gasteiger partial charge is 0.496 e. The molecule has 0 heterocycles. The maximum atomic E-state index is 12.7. The van der Waals surface area contributed by atoms with Gasteiger partial charge >= 0.3 is 12.0 Å². The molecule has 0 spiro atoms. The molecule has 11 heteroatoms. The molecule has 0 aliphatic heterocycles. The number of halogens is 2. The van der Waals surface area contributed by atoms with Gasteiger partial charge < -0.3 is 30.5 Å². The Labute approximate surface area is 223 Å². The predicted octanol–water partition coefficient (Wildman–Crippen LogP) is 4.85. The summed E-state index contributed by atoms with van der Waals surface area (Å²) in [5.74, 6) is -0.959. The third kappa shape index (κ3) is 6.63. The van der Waals surface area contributed by atoms with E-state index in [4.69, 9.17) is 32.7 Å². The number of hydrogen-bond donors (Lipinski definition) is 4. The van der Waals surface area contributed by atoms with Gasteiger partial charge in [0.2, 0.25) is 0 Å². The van der Waals surface area contributed by atoms with Crippen LogP contribution in [0.1, 0.15) is 15.9 Å². The molecule has 0 fully saturated rings. The molecule has 3 rings (SSSR count). The highest BCUT2D eigenvalue weighted by Crippen LogP contribution is 2.41. The summed E-state index contributed by atoms with van der Waals surface area (Å²) in [6, 6.07) is 13.4. The van der Waals surface area contributed by atoms with E-state index in [9.17, 15) is 19.5 Å². The number of benzene rings is 3. The van der Waals surface area contributed by atoms with E-state index in [-0.39, 0.29) is 22.0 Å². The molecule has 9 nitrogen and oxygen atoms in total. The lowest BCUT2D eigenvalue weighted by atomic mass is 9.98. The first-order valence-corrected chi connectivity index (χ1v) is 11.8. The molecule has 0 saturated carbocycles. The number of anilines is 1. The fourth-order valence-electron chi connectivity index (χ4n) is 3.65. The number of rotatable bonds is 9. The average Bonchev–Trinajstić information content (AvgIpc) is 2.88. The summed E-state index contributed by atoms with van der Waals surface area (Å²) in [7, 11) is 4.51. The van der Waals surface area contributed by atoms with Crippen molar-refractivity contribution in [2.45, 2.75) is 12.5 Å². The smallest absolute Gasteiger partial charge is 0.326 e. The van der Waals surface area contributed by atoms with E-state index in [1.165, 1.54) is 33.4 Å². The standard InChI is InChI=1S/C26H25Cl2N3O6/c1-29-26(35)30-16-12-20(36-2)22(21(13-16)37-3)15-9-7-14(8-10-15)11-19(25(33)34)31-24(32)23-17(27)5-4-6-18(23)28/h4-10,12-13,19H,11H2,1-3H3,(H,31,32)(H,33,34)(H2,29,30,35)/t19-/m0/s1. The molecule has 0 aliphatic carbocycles. The van der Waals surface area contributed by atoms with Gasteiger partial charge in [0.25, 0.3) is 5.91 Å². The van der Waals surface area contributed by atoms with Gasteiger partial charge in [0, 0.05) is 31.3 Å². The number of methoxy groups -OCH3 is 2. The number of carboxylic acids is 1. The minimum atomic E-state index is -1.22. The molecule has 194 valence electrons. The van der Waals surface area contributed by atoms with Crippen molar-refractivity contribution in [1.82, 2.24) is 10.6 Å². The van der Waals surface area contributed by atoms with Crippen LogP contribution in [0.25, 0.3) is 11.1 Å². The number of amides is 3. The average molecular weight is 546 g/mol. The first-order valence-electron chi connectivity index (χ1n) is 11.0. The van der Waals surface area contributed by atoms with Gasteiger partial charge in [-0.15, -0.1) is 0 Å². The van der Waals surface area contributed by atoms with Gasteiger partial charge in [-0.25, -0.2) is 9.59 Å². The van der Waals surface area contributed by atoms with Crippen LogP contribution in [-0.4, -0.2) is 50.3 Å². The molecule has 0 saturated heterocycles. The maximum Gasteiger partial charge on any atom is 0.326 e. The van der Waals surface area contributed by atoms with E-state index in [1.54, 1.807) is 42.5 Å². The monoisotopic (exact) mass is 545 g/mol. The van der Waals surface area contributed by atoms with Gasteiger partial charge in [0.1, 0.15) is 17.5 Å². The predicted molar refractivity (Wildman–Crippen MR) is 142 cm³/mol. The molecule has 0 radical (unpaired) electrons.